The van der Waals surface area contributed by atoms with Crippen LogP contribution < -0.4 is 0 Å². The van der Waals surface area contributed by atoms with Crippen LogP contribution in [-0.2, 0) is 14.6 Å². The minimum absolute atomic E-state index is 0.258. The zero-order valence-corrected chi connectivity index (χ0v) is 12.6. The van der Waals surface area contributed by atoms with Gasteiger partial charge in [0.1, 0.15) is 0 Å². The van der Waals surface area contributed by atoms with Gasteiger partial charge in [0, 0.05) is 12.9 Å². The van der Waals surface area contributed by atoms with Crippen molar-refractivity contribution < 1.29 is 18.3 Å². The number of aliphatic hydroxyl groups excluding tert-OH is 1. The quantitative estimate of drug-likeness (QED) is 0.876. The van der Waals surface area contributed by atoms with Gasteiger partial charge in [-0.25, -0.2) is 8.42 Å². The highest BCUT2D eigenvalue weighted by Gasteiger charge is 2.17. The Bertz CT molecular complexity index is 533. The van der Waals surface area contributed by atoms with Crippen molar-refractivity contribution in [3.05, 3.63) is 29.8 Å². The summed E-state index contributed by atoms with van der Waals surface area (Å²) in [5, 5.41) is 10.1. The lowest BCUT2D eigenvalue weighted by atomic mass is 10.0. The van der Waals surface area contributed by atoms with E-state index in [1.807, 2.05) is 0 Å². The molecule has 1 N–H and O–H groups in total. The number of sulfone groups is 1. The van der Waals surface area contributed by atoms with Crippen LogP contribution in [0.15, 0.2) is 29.2 Å². The van der Waals surface area contributed by atoms with Crippen LogP contribution >= 0.6 is 0 Å². The number of hydrogen-bond acceptors (Lipinski definition) is 4. The Labute approximate surface area is 120 Å². The standard InChI is InChI=1S/C15H22O4S/c1-20(17,18)14-8-2-5-12(11-14)15(16)9-3-6-13-7-4-10-19-13/h2,5,8,11,13,15-16H,3-4,6-7,9-10H2,1H3. The second-order valence-corrected chi connectivity index (χ2v) is 7.44. The number of benzene rings is 1. The first-order valence-corrected chi connectivity index (χ1v) is 8.95. The van der Waals surface area contributed by atoms with Crippen LogP contribution in [-0.4, -0.2) is 32.5 Å². The Morgan fingerprint density at radius 3 is 2.90 bits per heavy atom. The van der Waals surface area contributed by atoms with Gasteiger partial charge in [0.2, 0.25) is 0 Å². The van der Waals surface area contributed by atoms with Crippen LogP contribution in [0.25, 0.3) is 0 Å². The lowest BCUT2D eigenvalue weighted by molar-refractivity contribution is 0.0944. The summed E-state index contributed by atoms with van der Waals surface area (Å²) in [6.07, 6.45) is 5.62. The van der Waals surface area contributed by atoms with E-state index in [1.54, 1.807) is 24.3 Å². The van der Waals surface area contributed by atoms with Crippen molar-refractivity contribution in [1.82, 2.24) is 0 Å². The zero-order chi connectivity index (χ0) is 14.6. The van der Waals surface area contributed by atoms with Gasteiger partial charge in [-0.2, -0.15) is 0 Å². The molecule has 5 heteroatoms. The fourth-order valence-electron chi connectivity index (χ4n) is 2.53. The summed E-state index contributed by atoms with van der Waals surface area (Å²) >= 11 is 0. The topological polar surface area (TPSA) is 63.6 Å². The first-order valence-electron chi connectivity index (χ1n) is 7.06. The van der Waals surface area contributed by atoms with E-state index in [4.69, 9.17) is 4.74 Å². The maximum absolute atomic E-state index is 11.5. The summed E-state index contributed by atoms with van der Waals surface area (Å²) < 4.78 is 28.5. The monoisotopic (exact) mass is 298 g/mol. The normalized spacial score (nSPS) is 21.0. The van der Waals surface area contributed by atoms with Crippen molar-refractivity contribution in [3.8, 4) is 0 Å². The van der Waals surface area contributed by atoms with E-state index in [2.05, 4.69) is 0 Å². The maximum Gasteiger partial charge on any atom is 0.175 e. The van der Waals surface area contributed by atoms with Gasteiger partial charge in [-0.15, -0.1) is 0 Å². The molecule has 0 radical (unpaired) electrons. The molecular weight excluding hydrogens is 276 g/mol. The SMILES string of the molecule is CS(=O)(=O)c1cccc(C(O)CCCC2CCCO2)c1. The third kappa shape index (κ3) is 4.30. The first kappa shape index (κ1) is 15.5. The highest BCUT2D eigenvalue weighted by molar-refractivity contribution is 7.90. The molecule has 1 aromatic rings. The molecule has 2 unspecified atom stereocenters. The molecule has 112 valence electrons. The molecule has 0 saturated carbocycles. The van der Waals surface area contributed by atoms with E-state index in [1.165, 1.54) is 6.26 Å². The molecule has 20 heavy (non-hydrogen) atoms. The third-order valence-electron chi connectivity index (χ3n) is 3.70. The van der Waals surface area contributed by atoms with E-state index in [0.717, 1.165) is 32.3 Å². The summed E-state index contributed by atoms with van der Waals surface area (Å²) in [4.78, 5) is 0.258. The first-order chi connectivity index (χ1) is 9.47. The molecule has 1 fully saturated rings. The molecule has 1 heterocycles. The average Bonchev–Trinajstić information content (AvgIpc) is 2.91. The predicted molar refractivity (Wildman–Crippen MR) is 77.3 cm³/mol. The van der Waals surface area contributed by atoms with Crippen LogP contribution in [0.3, 0.4) is 0 Å². The molecule has 4 nitrogen and oxygen atoms in total. The number of ether oxygens (including phenoxy) is 1. The highest BCUT2D eigenvalue weighted by atomic mass is 32.2. The van der Waals surface area contributed by atoms with Crippen LogP contribution in [0.2, 0.25) is 0 Å². The summed E-state index contributed by atoms with van der Waals surface area (Å²) in [5.74, 6) is 0. The van der Waals surface area contributed by atoms with E-state index >= 15 is 0 Å². The van der Waals surface area contributed by atoms with Crippen LogP contribution in [0.1, 0.15) is 43.8 Å². The van der Waals surface area contributed by atoms with E-state index < -0.39 is 15.9 Å². The molecule has 0 aliphatic carbocycles. The molecule has 0 bridgehead atoms. The van der Waals surface area contributed by atoms with Crippen molar-refractivity contribution in [2.75, 3.05) is 12.9 Å². The maximum atomic E-state index is 11.5. The van der Waals surface area contributed by atoms with Crippen LogP contribution in [0.5, 0.6) is 0 Å². The Morgan fingerprint density at radius 1 is 1.45 bits per heavy atom. The lowest BCUT2D eigenvalue weighted by Crippen LogP contribution is -2.06. The van der Waals surface area contributed by atoms with Gasteiger partial charge in [-0.05, 0) is 49.8 Å². The molecule has 2 rings (SSSR count). The molecule has 1 aliphatic rings. The molecule has 1 saturated heterocycles. The second kappa shape index (κ2) is 6.70. The van der Waals surface area contributed by atoms with Crippen molar-refractivity contribution in [2.45, 2.75) is 49.2 Å². The van der Waals surface area contributed by atoms with Crippen LogP contribution in [0, 0.1) is 0 Å². The van der Waals surface area contributed by atoms with Crippen molar-refractivity contribution in [1.29, 1.82) is 0 Å². The Hall–Kier alpha value is -0.910. The van der Waals surface area contributed by atoms with Gasteiger partial charge in [-0.1, -0.05) is 12.1 Å². The Morgan fingerprint density at radius 2 is 2.25 bits per heavy atom. The fourth-order valence-corrected chi connectivity index (χ4v) is 3.21. The smallest absolute Gasteiger partial charge is 0.175 e. The fraction of sp³-hybridized carbons (Fsp3) is 0.600. The largest absolute Gasteiger partial charge is 0.388 e. The molecule has 2 atom stereocenters. The van der Waals surface area contributed by atoms with E-state index in [9.17, 15) is 13.5 Å². The van der Waals surface area contributed by atoms with Gasteiger partial charge in [-0.3, -0.25) is 0 Å². The Kier molecular flexibility index (Phi) is 5.18. The Balaban J connectivity index is 1.90. The molecule has 0 spiro atoms. The van der Waals surface area contributed by atoms with Crippen molar-refractivity contribution >= 4 is 9.84 Å². The minimum atomic E-state index is -3.22. The third-order valence-corrected chi connectivity index (χ3v) is 4.81. The summed E-state index contributed by atoms with van der Waals surface area (Å²) in [6, 6.07) is 6.56. The van der Waals surface area contributed by atoms with Gasteiger partial charge in [0.15, 0.2) is 9.84 Å². The van der Waals surface area contributed by atoms with E-state index in [0.29, 0.717) is 18.1 Å². The molecular formula is C15H22O4S. The lowest BCUT2D eigenvalue weighted by Gasteiger charge is -2.14. The van der Waals surface area contributed by atoms with Crippen molar-refractivity contribution in [3.63, 3.8) is 0 Å². The summed E-state index contributed by atoms with van der Waals surface area (Å²) in [5.41, 5.74) is 0.667. The van der Waals surface area contributed by atoms with Gasteiger partial charge in [0.05, 0.1) is 17.1 Å². The van der Waals surface area contributed by atoms with Crippen LogP contribution in [0.4, 0.5) is 0 Å². The molecule has 0 amide bonds. The second-order valence-electron chi connectivity index (χ2n) is 5.43. The average molecular weight is 298 g/mol. The molecule has 1 aliphatic heterocycles. The minimum Gasteiger partial charge on any atom is -0.388 e. The van der Waals surface area contributed by atoms with Gasteiger partial charge in [0.25, 0.3) is 0 Å². The van der Waals surface area contributed by atoms with Crippen molar-refractivity contribution in [2.24, 2.45) is 0 Å². The highest BCUT2D eigenvalue weighted by Crippen LogP contribution is 2.24. The summed E-state index contributed by atoms with van der Waals surface area (Å²) in [7, 11) is -3.22. The molecule has 0 aromatic heterocycles. The molecule has 1 aromatic carbocycles. The number of rotatable bonds is 6. The summed E-state index contributed by atoms with van der Waals surface area (Å²) in [6.45, 7) is 0.851. The number of hydrogen-bond donors (Lipinski definition) is 1. The predicted octanol–water partition coefficient (Wildman–Crippen LogP) is 2.47. The van der Waals surface area contributed by atoms with E-state index in [-0.39, 0.29) is 4.90 Å². The number of aliphatic hydroxyl groups is 1. The van der Waals surface area contributed by atoms with Gasteiger partial charge >= 0.3 is 0 Å². The zero-order valence-electron chi connectivity index (χ0n) is 11.8. The van der Waals surface area contributed by atoms with Gasteiger partial charge < -0.3 is 9.84 Å².